The summed E-state index contributed by atoms with van der Waals surface area (Å²) >= 11 is 0. The molecule has 0 bridgehead atoms. The van der Waals surface area contributed by atoms with Crippen molar-refractivity contribution in [3.8, 4) is 0 Å². The van der Waals surface area contributed by atoms with Crippen LogP contribution in [0.2, 0.25) is 0 Å². The van der Waals surface area contributed by atoms with Gasteiger partial charge in [0.25, 0.3) is 0 Å². The number of carbonyl (C=O) groups excluding carboxylic acids is 1. The van der Waals surface area contributed by atoms with Crippen LogP contribution in [-0.4, -0.2) is 40.0 Å². The molecule has 0 radical (unpaired) electrons. The van der Waals surface area contributed by atoms with E-state index in [-0.39, 0.29) is 5.91 Å². The van der Waals surface area contributed by atoms with E-state index in [0.717, 1.165) is 31.9 Å². The quantitative estimate of drug-likeness (QED) is 0.766. The summed E-state index contributed by atoms with van der Waals surface area (Å²) < 4.78 is 1.84. The van der Waals surface area contributed by atoms with Crippen LogP contribution in [0.15, 0.2) is 12.5 Å². The number of rotatable bonds is 7. The predicted octanol–water partition coefficient (Wildman–Crippen LogP) is 0.861. The summed E-state index contributed by atoms with van der Waals surface area (Å²) in [6, 6.07) is 0. The zero-order valence-electron chi connectivity index (χ0n) is 10.9. The van der Waals surface area contributed by atoms with Crippen molar-refractivity contribution in [2.45, 2.75) is 33.9 Å². The van der Waals surface area contributed by atoms with Crippen LogP contribution in [0.1, 0.15) is 26.5 Å². The molecule has 1 rings (SSSR count). The van der Waals surface area contributed by atoms with Crippen molar-refractivity contribution in [2.24, 2.45) is 0 Å². The summed E-state index contributed by atoms with van der Waals surface area (Å²) in [5, 5.41) is 3.21. The summed E-state index contributed by atoms with van der Waals surface area (Å²) in [7, 11) is 0. The number of hydrogen-bond donors (Lipinski definition) is 1. The SMILES string of the molecule is CCNCc1cn(CC(=O)N(CC)CC)cn1. The Morgan fingerprint density at radius 1 is 1.41 bits per heavy atom. The van der Waals surface area contributed by atoms with Crippen LogP contribution < -0.4 is 5.32 Å². The summed E-state index contributed by atoms with van der Waals surface area (Å²) in [6.07, 6.45) is 3.64. The van der Waals surface area contributed by atoms with Gasteiger partial charge >= 0.3 is 0 Å². The average Bonchev–Trinajstić information content (AvgIpc) is 2.75. The average molecular weight is 238 g/mol. The van der Waals surface area contributed by atoms with E-state index in [9.17, 15) is 4.79 Å². The highest BCUT2D eigenvalue weighted by Gasteiger charge is 2.10. The van der Waals surface area contributed by atoms with E-state index in [4.69, 9.17) is 0 Å². The lowest BCUT2D eigenvalue weighted by atomic mass is 10.4. The lowest BCUT2D eigenvalue weighted by molar-refractivity contribution is -0.131. The van der Waals surface area contributed by atoms with Gasteiger partial charge in [-0.1, -0.05) is 6.92 Å². The molecule has 0 fully saturated rings. The highest BCUT2D eigenvalue weighted by Crippen LogP contribution is 1.98. The van der Waals surface area contributed by atoms with Gasteiger partial charge in [-0.25, -0.2) is 4.98 Å². The lowest BCUT2D eigenvalue weighted by Gasteiger charge is -2.18. The third kappa shape index (κ3) is 4.19. The second kappa shape index (κ2) is 7.06. The minimum Gasteiger partial charge on any atom is -0.342 e. The molecule has 0 aliphatic heterocycles. The minimum absolute atomic E-state index is 0.141. The molecule has 1 aromatic heterocycles. The number of likely N-dealkylation sites (N-methyl/N-ethyl adjacent to an activating group) is 1. The molecular formula is C12H22N4O. The van der Waals surface area contributed by atoms with Gasteiger partial charge in [-0.05, 0) is 20.4 Å². The van der Waals surface area contributed by atoms with Crippen molar-refractivity contribution in [1.29, 1.82) is 0 Å². The maximum absolute atomic E-state index is 11.9. The summed E-state index contributed by atoms with van der Waals surface area (Å²) in [5.74, 6) is 0.141. The standard InChI is InChI=1S/C12H22N4O/c1-4-13-7-11-8-15(10-14-11)9-12(17)16(5-2)6-3/h8,10,13H,4-7,9H2,1-3H3. The van der Waals surface area contributed by atoms with Crippen molar-refractivity contribution in [1.82, 2.24) is 19.8 Å². The second-order valence-corrected chi connectivity index (χ2v) is 3.88. The smallest absolute Gasteiger partial charge is 0.242 e. The molecule has 1 N–H and O–H groups in total. The first kappa shape index (κ1) is 13.7. The molecule has 1 aromatic rings. The topological polar surface area (TPSA) is 50.2 Å². The zero-order chi connectivity index (χ0) is 12.7. The van der Waals surface area contributed by atoms with Crippen molar-refractivity contribution in [3.63, 3.8) is 0 Å². The number of imidazole rings is 1. The van der Waals surface area contributed by atoms with Crippen LogP contribution in [0.5, 0.6) is 0 Å². The first-order chi connectivity index (χ1) is 8.21. The molecule has 5 heteroatoms. The molecule has 5 nitrogen and oxygen atoms in total. The van der Waals surface area contributed by atoms with Crippen LogP contribution in [0, 0.1) is 0 Å². The summed E-state index contributed by atoms with van der Waals surface area (Å²) in [6.45, 7) is 9.61. The fourth-order valence-corrected chi connectivity index (χ4v) is 1.67. The van der Waals surface area contributed by atoms with Gasteiger partial charge in [0.05, 0.1) is 12.0 Å². The van der Waals surface area contributed by atoms with Crippen molar-refractivity contribution < 1.29 is 4.79 Å². The molecule has 96 valence electrons. The van der Waals surface area contributed by atoms with Gasteiger partial charge in [0.2, 0.25) is 5.91 Å². The number of hydrogen-bond acceptors (Lipinski definition) is 3. The summed E-state index contributed by atoms with van der Waals surface area (Å²) in [5.41, 5.74) is 0.971. The van der Waals surface area contributed by atoms with Crippen LogP contribution in [0.4, 0.5) is 0 Å². The Balaban J connectivity index is 2.51. The Kier molecular flexibility index (Phi) is 5.69. The first-order valence-electron chi connectivity index (χ1n) is 6.20. The molecular weight excluding hydrogens is 216 g/mol. The third-order valence-corrected chi connectivity index (χ3v) is 2.68. The largest absolute Gasteiger partial charge is 0.342 e. The molecule has 0 aliphatic rings. The normalized spacial score (nSPS) is 10.5. The monoisotopic (exact) mass is 238 g/mol. The molecule has 0 atom stereocenters. The molecule has 0 aromatic carbocycles. The number of amides is 1. The third-order valence-electron chi connectivity index (χ3n) is 2.68. The maximum Gasteiger partial charge on any atom is 0.242 e. The van der Waals surface area contributed by atoms with Gasteiger partial charge in [0.1, 0.15) is 6.54 Å². The van der Waals surface area contributed by atoms with Crippen LogP contribution in [0.3, 0.4) is 0 Å². The molecule has 0 saturated heterocycles. The highest BCUT2D eigenvalue weighted by molar-refractivity contribution is 5.75. The fraction of sp³-hybridized carbons (Fsp3) is 0.667. The van der Waals surface area contributed by atoms with Gasteiger partial charge in [0.15, 0.2) is 0 Å². The Morgan fingerprint density at radius 3 is 2.71 bits per heavy atom. The molecule has 17 heavy (non-hydrogen) atoms. The first-order valence-corrected chi connectivity index (χ1v) is 6.20. The van der Waals surface area contributed by atoms with Gasteiger partial charge in [-0.3, -0.25) is 4.79 Å². The van der Waals surface area contributed by atoms with Gasteiger partial charge in [0, 0.05) is 25.8 Å². The highest BCUT2D eigenvalue weighted by atomic mass is 16.2. The Bertz CT molecular complexity index is 344. The number of aromatic nitrogens is 2. The van der Waals surface area contributed by atoms with Crippen molar-refractivity contribution in [2.75, 3.05) is 19.6 Å². The predicted molar refractivity (Wildman–Crippen MR) is 67.5 cm³/mol. The van der Waals surface area contributed by atoms with E-state index in [2.05, 4.69) is 17.2 Å². The maximum atomic E-state index is 11.9. The molecule has 1 heterocycles. The summed E-state index contributed by atoms with van der Waals surface area (Å²) in [4.78, 5) is 17.9. The van der Waals surface area contributed by atoms with E-state index in [1.807, 2.05) is 29.5 Å². The second-order valence-electron chi connectivity index (χ2n) is 3.88. The van der Waals surface area contributed by atoms with Crippen LogP contribution >= 0.6 is 0 Å². The molecule has 0 aliphatic carbocycles. The van der Waals surface area contributed by atoms with E-state index in [0.29, 0.717) is 6.54 Å². The van der Waals surface area contributed by atoms with Gasteiger partial charge in [-0.2, -0.15) is 0 Å². The Hall–Kier alpha value is -1.36. The van der Waals surface area contributed by atoms with E-state index in [1.165, 1.54) is 0 Å². The molecule has 0 spiro atoms. The van der Waals surface area contributed by atoms with E-state index < -0.39 is 0 Å². The number of carbonyl (C=O) groups is 1. The Morgan fingerprint density at radius 2 is 2.12 bits per heavy atom. The minimum atomic E-state index is 0.141. The lowest BCUT2D eigenvalue weighted by Crippen LogP contribution is -2.33. The van der Waals surface area contributed by atoms with E-state index in [1.54, 1.807) is 6.33 Å². The van der Waals surface area contributed by atoms with Crippen LogP contribution in [0.25, 0.3) is 0 Å². The van der Waals surface area contributed by atoms with Gasteiger partial charge in [-0.15, -0.1) is 0 Å². The van der Waals surface area contributed by atoms with Crippen molar-refractivity contribution in [3.05, 3.63) is 18.2 Å². The molecule has 0 saturated carbocycles. The van der Waals surface area contributed by atoms with Gasteiger partial charge < -0.3 is 14.8 Å². The number of nitrogens with one attached hydrogen (secondary N) is 1. The number of nitrogens with zero attached hydrogens (tertiary/aromatic N) is 3. The molecule has 0 unspecified atom stereocenters. The van der Waals surface area contributed by atoms with E-state index >= 15 is 0 Å². The zero-order valence-corrected chi connectivity index (χ0v) is 10.9. The van der Waals surface area contributed by atoms with Crippen LogP contribution in [-0.2, 0) is 17.9 Å². The van der Waals surface area contributed by atoms with Crippen molar-refractivity contribution >= 4 is 5.91 Å². The Labute approximate surface area is 103 Å². The fourth-order valence-electron chi connectivity index (χ4n) is 1.67. The molecule has 1 amide bonds.